The van der Waals surface area contributed by atoms with Gasteiger partial charge in [0.05, 0.1) is 12.2 Å². The van der Waals surface area contributed by atoms with Crippen molar-refractivity contribution < 1.29 is 15.3 Å². The number of nitrogens with one attached hydrogen (secondary N) is 1. The predicted octanol–water partition coefficient (Wildman–Crippen LogP) is 5.09. The molecule has 1 aromatic carbocycles. The van der Waals surface area contributed by atoms with Crippen LogP contribution >= 0.6 is 0 Å². The molecule has 4 heteroatoms. The van der Waals surface area contributed by atoms with E-state index in [0.717, 1.165) is 37.6 Å². The number of fused-ring (bicyclic) bond motifs is 1. The summed E-state index contributed by atoms with van der Waals surface area (Å²) in [6.07, 6.45) is 5.95. The smallest absolute Gasteiger partial charge is 0.0605 e. The van der Waals surface area contributed by atoms with Gasteiger partial charge in [-0.1, -0.05) is 45.9 Å². The molecule has 1 spiro atoms. The van der Waals surface area contributed by atoms with E-state index in [1.807, 2.05) is 0 Å². The van der Waals surface area contributed by atoms with E-state index in [4.69, 9.17) is 0 Å². The van der Waals surface area contributed by atoms with Gasteiger partial charge in [-0.25, -0.2) is 0 Å². The van der Waals surface area contributed by atoms with Gasteiger partial charge in [0, 0.05) is 34.5 Å². The molecule has 0 saturated heterocycles. The lowest BCUT2D eigenvalue weighted by atomic mass is 9.35. The number of para-hydroxylation sites is 1. The van der Waals surface area contributed by atoms with Crippen LogP contribution in [0.25, 0.3) is 10.9 Å². The second-order valence-corrected chi connectivity index (χ2v) is 11.7. The van der Waals surface area contributed by atoms with E-state index in [9.17, 15) is 15.3 Å². The quantitative estimate of drug-likeness (QED) is 0.538. The van der Waals surface area contributed by atoms with E-state index in [1.54, 1.807) is 0 Å². The maximum absolute atomic E-state index is 11.8. The maximum atomic E-state index is 11.8. The Balaban J connectivity index is 1.74. The minimum atomic E-state index is -0.385. The van der Waals surface area contributed by atoms with Crippen LogP contribution in [0.4, 0.5) is 0 Å². The molecular formula is C28H41NO3. The summed E-state index contributed by atoms with van der Waals surface area (Å²) in [4.78, 5) is 3.51. The van der Waals surface area contributed by atoms with Gasteiger partial charge in [0.1, 0.15) is 0 Å². The van der Waals surface area contributed by atoms with E-state index in [1.165, 1.54) is 10.9 Å². The van der Waals surface area contributed by atoms with Crippen molar-refractivity contribution in [3.8, 4) is 0 Å². The summed E-state index contributed by atoms with van der Waals surface area (Å²) in [6.45, 7) is 9.26. The highest BCUT2D eigenvalue weighted by Gasteiger charge is 2.70. The fourth-order valence-corrected chi connectivity index (χ4v) is 8.95. The molecular weight excluding hydrogens is 398 g/mol. The number of aromatic amines is 1. The first kappa shape index (κ1) is 22.4. The molecule has 10 atom stereocenters. The Labute approximate surface area is 192 Å². The van der Waals surface area contributed by atoms with Crippen LogP contribution in [-0.2, 0) is 0 Å². The zero-order valence-electron chi connectivity index (χ0n) is 20.1. The average molecular weight is 440 g/mol. The highest BCUT2D eigenvalue weighted by molar-refractivity contribution is 5.83. The number of aliphatic hydroxyl groups excluding tert-OH is 3. The van der Waals surface area contributed by atoms with Gasteiger partial charge in [-0.05, 0) is 79.2 Å². The van der Waals surface area contributed by atoms with Crippen molar-refractivity contribution in [1.82, 2.24) is 4.98 Å². The van der Waals surface area contributed by atoms with Crippen molar-refractivity contribution in [2.45, 2.75) is 77.9 Å². The minimum Gasteiger partial charge on any atom is -0.396 e. The first-order chi connectivity index (χ1) is 15.3. The Hall–Kier alpha value is -1.36. The van der Waals surface area contributed by atoms with Gasteiger partial charge >= 0.3 is 0 Å². The van der Waals surface area contributed by atoms with Crippen LogP contribution < -0.4 is 0 Å². The molecule has 3 fully saturated rings. The van der Waals surface area contributed by atoms with E-state index < -0.39 is 0 Å². The van der Waals surface area contributed by atoms with Crippen LogP contribution in [-0.4, -0.2) is 39.1 Å². The standard InChI is InChI=1S/C28H41NO3/c1-16-13-24(32)27(4)18(3)9-10-23(31)28(27)12-11-19(17(2)15-30)25(26(16)28)21-14-29-22-8-6-5-7-20(21)22/h5-8,14,16-19,23-26,29-32H,9-13,15H2,1-4H3. The molecule has 0 bridgehead atoms. The van der Waals surface area contributed by atoms with Crippen LogP contribution in [0.1, 0.15) is 71.3 Å². The summed E-state index contributed by atoms with van der Waals surface area (Å²) < 4.78 is 0. The lowest BCUT2D eigenvalue weighted by molar-refractivity contribution is -0.269. The molecule has 3 aliphatic carbocycles. The number of rotatable bonds is 3. The number of hydrogen-bond acceptors (Lipinski definition) is 3. The SMILES string of the molecule is CC(CO)C1CCC23C(O)CCC(C)C2(C)C(O)CC(C)C3C1c1c[nH]c2ccccc12. The van der Waals surface area contributed by atoms with Crippen LogP contribution in [0.15, 0.2) is 30.5 Å². The largest absolute Gasteiger partial charge is 0.396 e. The Kier molecular flexibility index (Phi) is 5.51. The van der Waals surface area contributed by atoms with Crippen LogP contribution in [0.3, 0.4) is 0 Å². The number of hydrogen-bond donors (Lipinski definition) is 4. The lowest BCUT2D eigenvalue weighted by Crippen LogP contribution is -2.70. The summed E-state index contributed by atoms with van der Waals surface area (Å²) in [5.41, 5.74) is 1.91. The molecule has 4 nitrogen and oxygen atoms in total. The Bertz CT molecular complexity index is 970. The zero-order valence-corrected chi connectivity index (χ0v) is 20.1. The second kappa shape index (κ2) is 7.85. The van der Waals surface area contributed by atoms with Gasteiger partial charge in [-0.15, -0.1) is 0 Å². The second-order valence-electron chi connectivity index (χ2n) is 11.7. The monoisotopic (exact) mass is 439 g/mol. The molecule has 3 aliphatic rings. The summed E-state index contributed by atoms with van der Waals surface area (Å²) in [7, 11) is 0. The third-order valence-corrected chi connectivity index (χ3v) is 10.7. The topological polar surface area (TPSA) is 76.5 Å². The van der Waals surface area contributed by atoms with Crippen molar-refractivity contribution in [1.29, 1.82) is 0 Å². The molecule has 2 aromatic rings. The van der Waals surface area contributed by atoms with Gasteiger partial charge < -0.3 is 20.3 Å². The minimum absolute atomic E-state index is 0.191. The number of aromatic nitrogens is 1. The van der Waals surface area contributed by atoms with E-state index >= 15 is 0 Å². The molecule has 0 aliphatic heterocycles. The van der Waals surface area contributed by atoms with Crippen LogP contribution in [0.2, 0.25) is 0 Å². The number of H-pyrrole nitrogens is 1. The molecule has 4 N–H and O–H groups in total. The normalized spacial score (nSPS) is 45.3. The predicted molar refractivity (Wildman–Crippen MR) is 128 cm³/mol. The van der Waals surface area contributed by atoms with E-state index in [2.05, 4.69) is 63.1 Å². The van der Waals surface area contributed by atoms with E-state index in [-0.39, 0.29) is 47.4 Å². The summed E-state index contributed by atoms with van der Waals surface area (Å²) in [5, 5.41) is 34.7. The first-order valence-electron chi connectivity index (χ1n) is 12.8. The Morgan fingerprint density at radius 2 is 1.84 bits per heavy atom. The number of aliphatic hydroxyl groups is 3. The molecule has 3 saturated carbocycles. The van der Waals surface area contributed by atoms with Crippen molar-refractivity contribution in [3.63, 3.8) is 0 Å². The van der Waals surface area contributed by atoms with Crippen molar-refractivity contribution in [2.24, 2.45) is 40.4 Å². The highest BCUT2D eigenvalue weighted by atomic mass is 16.3. The fraction of sp³-hybridized carbons (Fsp3) is 0.714. The molecule has 10 unspecified atom stereocenters. The van der Waals surface area contributed by atoms with Gasteiger partial charge in [-0.3, -0.25) is 0 Å². The van der Waals surface area contributed by atoms with E-state index in [0.29, 0.717) is 17.8 Å². The highest BCUT2D eigenvalue weighted by Crippen LogP contribution is 2.72. The van der Waals surface area contributed by atoms with Crippen molar-refractivity contribution in [2.75, 3.05) is 6.61 Å². The molecule has 5 rings (SSSR count). The molecule has 32 heavy (non-hydrogen) atoms. The molecule has 1 aromatic heterocycles. The Morgan fingerprint density at radius 1 is 1.09 bits per heavy atom. The molecule has 176 valence electrons. The first-order valence-corrected chi connectivity index (χ1v) is 12.8. The Morgan fingerprint density at radius 3 is 2.59 bits per heavy atom. The summed E-state index contributed by atoms with van der Waals surface area (Å²) in [5.74, 6) is 1.79. The number of benzene rings is 1. The summed E-state index contributed by atoms with van der Waals surface area (Å²) >= 11 is 0. The molecule has 0 radical (unpaired) electrons. The lowest BCUT2D eigenvalue weighted by Gasteiger charge is -2.71. The third-order valence-electron chi connectivity index (χ3n) is 10.7. The summed E-state index contributed by atoms with van der Waals surface area (Å²) in [6, 6.07) is 8.53. The van der Waals surface area contributed by atoms with Gasteiger partial charge in [-0.2, -0.15) is 0 Å². The molecule has 1 heterocycles. The van der Waals surface area contributed by atoms with Crippen LogP contribution in [0, 0.1) is 40.4 Å². The van der Waals surface area contributed by atoms with Gasteiger partial charge in [0.2, 0.25) is 0 Å². The average Bonchev–Trinajstić information content (AvgIpc) is 3.22. The van der Waals surface area contributed by atoms with Gasteiger partial charge in [0.15, 0.2) is 0 Å². The maximum Gasteiger partial charge on any atom is 0.0605 e. The van der Waals surface area contributed by atoms with Crippen molar-refractivity contribution >= 4 is 10.9 Å². The zero-order chi connectivity index (χ0) is 22.8. The molecule has 0 amide bonds. The third kappa shape index (κ3) is 2.78. The fourth-order valence-electron chi connectivity index (χ4n) is 8.95. The van der Waals surface area contributed by atoms with Gasteiger partial charge in [0.25, 0.3) is 0 Å². The van der Waals surface area contributed by atoms with Crippen LogP contribution in [0.5, 0.6) is 0 Å². The van der Waals surface area contributed by atoms with Crippen molar-refractivity contribution in [3.05, 3.63) is 36.0 Å².